The molecule has 0 bridgehead atoms. The molecule has 2 aliphatic rings. The zero-order valence-corrected chi connectivity index (χ0v) is 11.3. The van der Waals surface area contributed by atoms with Gasteiger partial charge in [0.15, 0.2) is 5.17 Å². The van der Waals surface area contributed by atoms with E-state index in [9.17, 15) is 0 Å². The van der Waals surface area contributed by atoms with Gasteiger partial charge in [0.2, 0.25) is 0 Å². The van der Waals surface area contributed by atoms with Crippen LogP contribution in [-0.2, 0) is 4.74 Å². The molecule has 2 rings (SSSR count). The Morgan fingerprint density at radius 3 is 3.00 bits per heavy atom. The molecule has 0 spiro atoms. The van der Waals surface area contributed by atoms with Crippen molar-refractivity contribution in [2.75, 3.05) is 12.4 Å². The van der Waals surface area contributed by atoms with Gasteiger partial charge in [0.1, 0.15) is 0 Å². The van der Waals surface area contributed by atoms with Crippen LogP contribution in [0.4, 0.5) is 0 Å². The lowest BCUT2D eigenvalue weighted by molar-refractivity contribution is -0.0603. The highest BCUT2D eigenvalue weighted by Gasteiger charge is 2.30. The van der Waals surface area contributed by atoms with Crippen molar-refractivity contribution in [1.29, 1.82) is 0 Å². The molecule has 0 amide bonds. The van der Waals surface area contributed by atoms with Crippen molar-refractivity contribution in [3.05, 3.63) is 0 Å². The van der Waals surface area contributed by atoms with E-state index in [4.69, 9.17) is 4.74 Å². The van der Waals surface area contributed by atoms with Crippen molar-refractivity contribution < 1.29 is 4.74 Å². The van der Waals surface area contributed by atoms with Crippen LogP contribution in [0, 0.1) is 0 Å². The quantitative estimate of drug-likeness (QED) is 0.807. The number of hydrogen-bond acceptors (Lipinski definition) is 4. The molecular formula is C12H22N2OS. The zero-order chi connectivity index (χ0) is 11.6. The lowest BCUT2D eigenvalue weighted by atomic mass is 9.94. The number of hydrogen-bond donors (Lipinski definition) is 1. The monoisotopic (exact) mass is 242 g/mol. The fourth-order valence-corrected chi connectivity index (χ4v) is 3.37. The Balaban J connectivity index is 1.86. The summed E-state index contributed by atoms with van der Waals surface area (Å²) < 4.78 is 5.72. The third-order valence-electron chi connectivity index (χ3n) is 3.21. The number of amidine groups is 1. The van der Waals surface area contributed by atoms with Crippen molar-refractivity contribution in [1.82, 2.24) is 5.32 Å². The van der Waals surface area contributed by atoms with Crippen LogP contribution in [0.15, 0.2) is 4.99 Å². The third-order valence-corrected chi connectivity index (χ3v) is 4.26. The predicted octanol–water partition coefficient (Wildman–Crippen LogP) is 2.42. The Morgan fingerprint density at radius 2 is 2.38 bits per heavy atom. The molecule has 2 atom stereocenters. The van der Waals surface area contributed by atoms with E-state index in [1.54, 1.807) is 0 Å². The molecule has 2 unspecified atom stereocenters. The van der Waals surface area contributed by atoms with Crippen molar-refractivity contribution in [2.45, 2.75) is 57.7 Å². The molecule has 2 aliphatic heterocycles. The minimum atomic E-state index is 0.0178. The number of rotatable bonds is 2. The highest BCUT2D eigenvalue weighted by atomic mass is 32.2. The summed E-state index contributed by atoms with van der Waals surface area (Å²) in [4.78, 5) is 4.68. The first-order chi connectivity index (χ1) is 7.59. The number of aliphatic imine (C=N–C) groups is 1. The van der Waals surface area contributed by atoms with Gasteiger partial charge < -0.3 is 10.1 Å². The Bertz CT molecular complexity index is 278. The summed E-state index contributed by atoms with van der Waals surface area (Å²) in [6.07, 6.45) is 3.32. The van der Waals surface area contributed by atoms with Gasteiger partial charge in [-0.15, -0.1) is 0 Å². The van der Waals surface area contributed by atoms with Crippen molar-refractivity contribution in [3.8, 4) is 0 Å². The second-order valence-electron chi connectivity index (χ2n) is 5.25. The molecule has 0 aromatic rings. The molecule has 1 saturated heterocycles. The standard InChI is InChI=1S/C12H22N2OS/c1-4-9-8-16-11(13-9)14-10-5-6-15-12(2,3)7-10/h9-10H,4-8H2,1-3H3,(H,13,14). The fourth-order valence-electron chi connectivity index (χ4n) is 2.23. The van der Waals surface area contributed by atoms with Gasteiger partial charge >= 0.3 is 0 Å². The van der Waals surface area contributed by atoms with Crippen LogP contribution in [0.2, 0.25) is 0 Å². The SMILES string of the molecule is CCC1CSC(NC2CCOC(C)(C)C2)=N1. The number of thioether (sulfide) groups is 1. The first-order valence-electron chi connectivity index (χ1n) is 6.20. The van der Waals surface area contributed by atoms with Crippen LogP contribution in [-0.4, -0.2) is 35.2 Å². The number of nitrogens with zero attached hydrogens (tertiary/aromatic N) is 1. The first kappa shape index (κ1) is 12.2. The highest BCUT2D eigenvalue weighted by molar-refractivity contribution is 8.14. The second kappa shape index (κ2) is 4.96. The zero-order valence-electron chi connectivity index (χ0n) is 10.5. The van der Waals surface area contributed by atoms with E-state index in [1.807, 2.05) is 11.8 Å². The van der Waals surface area contributed by atoms with Gasteiger partial charge in [-0.2, -0.15) is 0 Å². The molecule has 4 heteroatoms. The van der Waals surface area contributed by atoms with Crippen molar-refractivity contribution in [2.24, 2.45) is 4.99 Å². The summed E-state index contributed by atoms with van der Waals surface area (Å²) >= 11 is 1.87. The Hall–Kier alpha value is -0.220. The highest BCUT2D eigenvalue weighted by Crippen LogP contribution is 2.26. The molecular weight excluding hydrogens is 220 g/mol. The molecule has 0 aromatic carbocycles. The number of ether oxygens (including phenoxy) is 1. The van der Waals surface area contributed by atoms with Crippen LogP contribution in [0.1, 0.15) is 40.0 Å². The molecule has 0 saturated carbocycles. The molecule has 0 aromatic heterocycles. The molecule has 0 radical (unpaired) electrons. The first-order valence-corrected chi connectivity index (χ1v) is 7.19. The van der Waals surface area contributed by atoms with Crippen LogP contribution >= 0.6 is 11.8 Å². The molecule has 0 aliphatic carbocycles. The van der Waals surface area contributed by atoms with Crippen molar-refractivity contribution in [3.63, 3.8) is 0 Å². The van der Waals surface area contributed by atoms with Crippen LogP contribution < -0.4 is 5.32 Å². The minimum absolute atomic E-state index is 0.0178. The molecule has 1 fully saturated rings. The summed E-state index contributed by atoms with van der Waals surface area (Å²) in [7, 11) is 0. The maximum atomic E-state index is 5.72. The van der Waals surface area contributed by atoms with E-state index in [2.05, 4.69) is 31.1 Å². The van der Waals surface area contributed by atoms with Gasteiger partial charge in [-0.1, -0.05) is 18.7 Å². The molecule has 92 valence electrons. The van der Waals surface area contributed by atoms with Crippen LogP contribution in [0.3, 0.4) is 0 Å². The van der Waals surface area contributed by atoms with E-state index in [-0.39, 0.29) is 5.60 Å². The van der Waals surface area contributed by atoms with E-state index in [0.29, 0.717) is 12.1 Å². The van der Waals surface area contributed by atoms with E-state index >= 15 is 0 Å². The lowest BCUT2D eigenvalue weighted by Crippen LogP contribution is -2.44. The largest absolute Gasteiger partial charge is 0.375 e. The fraction of sp³-hybridized carbons (Fsp3) is 0.917. The Morgan fingerprint density at radius 1 is 1.56 bits per heavy atom. The summed E-state index contributed by atoms with van der Waals surface area (Å²) in [6.45, 7) is 7.40. The van der Waals surface area contributed by atoms with Gasteiger partial charge in [-0.3, -0.25) is 4.99 Å². The summed E-state index contributed by atoms with van der Waals surface area (Å²) in [5.74, 6) is 1.14. The van der Waals surface area contributed by atoms with Crippen LogP contribution in [0.25, 0.3) is 0 Å². The van der Waals surface area contributed by atoms with Crippen LogP contribution in [0.5, 0.6) is 0 Å². The maximum Gasteiger partial charge on any atom is 0.157 e. The summed E-state index contributed by atoms with van der Waals surface area (Å²) in [5.41, 5.74) is 0.0178. The number of nitrogens with one attached hydrogen (secondary N) is 1. The third kappa shape index (κ3) is 3.14. The van der Waals surface area contributed by atoms with E-state index < -0.39 is 0 Å². The van der Waals surface area contributed by atoms with Gasteiger partial charge in [0, 0.05) is 18.4 Å². The van der Waals surface area contributed by atoms with Gasteiger partial charge in [0.05, 0.1) is 11.6 Å². The van der Waals surface area contributed by atoms with Gasteiger partial charge in [0.25, 0.3) is 0 Å². The normalized spacial score (nSPS) is 33.6. The second-order valence-corrected chi connectivity index (χ2v) is 6.26. The minimum Gasteiger partial charge on any atom is -0.375 e. The molecule has 3 nitrogen and oxygen atoms in total. The average molecular weight is 242 g/mol. The smallest absolute Gasteiger partial charge is 0.157 e. The van der Waals surface area contributed by atoms with Crippen molar-refractivity contribution >= 4 is 16.9 Å². The molecule has 2 heterocycles. The molecule has 16 heavy (non-hydrogen) atoms. The van der Waals surface area contributed by atoms with E-state index in [0.717, 1.165) is 36.8 Å². The summed E-state index contributed by atoms with van der Waals surface area (Å²) in [5, 5.41) is 4.72. The molecule has 1 N–H and O–H groups in total. The average Bonchev–Trinajstić information content (AvgIpc) is 2.64. The van der Waals surface area contributed by atoms with E-state index in [1.165, 1.54) is 0 Å². The Labute approximate surface area is 102 Å². The lowest BCUT2D eigenvalue weighted by Gasteiger charge is -2.36. The topological polar surface area (TPSA) is 33.6 Å². The van der Waals surface area contributed by atoms with Gasteiger partial charge in [-0.05, 0) is 33.1 Å². The summed E-state index contributed by atoms with van der Waals surface area (Å²) in [6, 6.07) is 1.06. The van der Waals surface area contributed by atoms with Gasteiger partial charge in [-0.25, -0.2) is 0 Å². The Kier molecular flexibility index (Phi) is 3.80. The maximum absolute atomic E-state index is 5.72. The predicted molar refractivity (Wildman–Crippen MR) is 70.2 cm³/mol.